The van der Waals surface area contributed by atoms with E-state index in [1.807, 2.05) is 0 Å². The Labute approximate surface area is 189 Å². The molecule has 1 saturated heterocycles. The maximum atomic E-state index is 11.8. The first-order chi connectivity index (χ1) is 13.1. The van der Waals surface area contributed by atoms with Crippen LogP contribution in [0.15, 0.2) is 17.1 Å². The van der Waals surface area contributed by atoms with E-state index in [0.29, 0.717) is 0 Å². The van der Waals surface area contributed by atoms with Crippen molar-refractivity contribution in [3.8, 4) is 0 Å². The molecule has 8 N–H and O–H groups in total. The molecule has 1 aliphatic heterocycles. The quantitative estimate of drug-likeness (QED) is 0.141. The fourth-order valence-electron chi connectivity index (χ4n) is 2.19. The van der Waals surface area contributed by atoms with Gasteiger partial charge in [0.15, 0.2) is 6.23 Å². The molecule has 0 bridgehead atoms. The summed E-state index contributed by atoms with van der Waals surface area (Å²) >= 11 is 0. The topological polar surface area (TPSA) is 270 Å². The number of hydrogen-bond acceptors (Lipinski definition) is 12. The molecule has 0 amide bonds. The molecule has 0 aromatic carbocycles. The summed E-state index contributed by atoms with van der Waals surface area (Å²) in [6, 6.07) is 1.20. The first-order valence-corrected chi connectivity index (χ1v) is 11.8. The van der Waals surface area contributed by atoms with Crippen LogP contribution in [0.25, 0.3) is 0 Å². The number of phosphoric ester groups is 1. The van der Waals surface area contributed by atoms with E-state index in [2.05, 4.69) is 18.1 Å². The monoisotopic (exact) mass is 506 g/mol. The molecule has 1 aromatic rings. The molecule has 2 rings (SSSR count). The first-order valence-electron chi connectivity index (χ1n) is 7.25. The fourth-order valence-corrected chi connectivity index (χ4v) is 5.22. The molecule has 1 fully saturated rings. The van der Waals surface area contributed by atoms with Crippen molar-refractivity contribution in [2.45, 2.75) is 24.5 Å². The number of phosphoric acid groups is 3. The third-order valence-electron chi connectivity index (χ3n) is 3.28. The molecule has 21 heteroatoms. The van der Waals surface area contributed by atoms with Crippen molar-refractivity contribution >= 4 is 58.8 Å². The molecule has 1 radical (unpaired) electrons. The van der Waals surface area contributed by atoms with Crippen LogP contribution in [0.4, 0.5) is 5.82 Å². The van der Waals surface area contributed by atoms with Gasteiger partial charge in [-0.15, -0.1) is 0 Å². The number of hydrogen-bond donors (Lipinski definition) is 7. The zero-order valence-corrected chi connectivity index (χ0v) is 19.6. The van der Waals surface area contributed by atoms with E-state index in [1.54, 1.807) is 0 Å². The molecule has 17 nitrogen and oxygen atoms in total. The summed E-state index contributed by atoms with van der Waals surface area (Å²) in [6.07, 6.45) is -5.38. The third kappa shape index (κ3) is 7.83. The smallest absolute Gasteiger partial charge is 0.387 e. The van der Waals surface area contributed by atoms with Crippen molar-refractivity contribution in [3.63, 3.8) is 0 Å². The van der Waals surface area contributed by atoms with Crippen LogP contribution >= 0.6 is 23.5 Å². The number of nitrogens with zero attached hydrogens (tertiary/aromatic N) is 2. The Kier molecular flexibility index (Phi) is 9.59. The Hall–Kier alpha value is -0.0300. The largest absolute Gasteiger partial charge is 0.490 e. The van der Waals surface area contributed by atoms with Gasteiger partial charge in [0.05, 0.1) is 6.61 Å². The van der Waals surface area contributed by atoms with Crippen LogP contribution < -0.4 is 11.4 Å². The Bertz CT molecular complexity index is 952. The summed E-state index contributed by atoms with van der Waals surface area (Å²) in [5.74, 6) is -0.122. The number of ether oxygens (including phenoxy) is 1. The van der Waals surface area contributed by atoms with Gasteiger partial charge in [0.1, 0.15) is 24.1 Å². The minimum atomic E-state index is -5.71. The van der Waals surface area contributed by atoms with Gasteiger partial charge in [-0.25, -0.2) is 18.5 Å². The summed E-state index contributed by atoms with van der Waals surface area (Å²) in [4.78, 5) is 50.5. The van der Waals surface area contributed by atoms with Gasteiger partial charge in [-0.3, -0.25) is 9.09 Å². The molecule has 0 spiro atoms. The summed E-state index contributed by atoms with van der Waals surface area (Å²) in [5.41, 5.74) is 4.39. The third-order valence-corrected chi connectivity index (χ3v) is 7.08. The Balaban J connectivity index is 0.00000450. The zero-order valence-electron chi connectivity index (χ0n) is 14.9. The molecular formula is C9H16N3NaO14P3. The van der Waals surface area contributed by atoms with Crippen LogP contribution in [0, 0.1) is 0 Å². The number of aromatic nitrogens is 2. The van der Waals surface area contributed by atoms with Crippen LogP contribution in [0.3, 0.4) is 0 Å². The van der Waals surface area contributed by atoms with Crippen LogP contribution in [0.1, 0.15) is 6.23 Å². The molecule has 2 heterocycles. The second kappa shape index (κ2) is 10.3. The van der Waals surface area contributed by atoms with Crippen LogP contribution in [-0.4, -0.2) is 93.8 Å². The number of nitrogen functional groups attached to an aromatic ring is 1. The molecule has 6 atom stereocenters. The Morgan fingerprint density at radius 1 is 1.10 bits per heavy atom. The van der Waals surface area contributed by atoms with Crippen LogP contribution in [0.5, 0.6) is 0 Å². The van der Waals surface area contributed by atoms with E-state index in [-0.39, 0.29) is 35.4 Å². The van der Waals surface area contributed by atoms with Gasteiger partial charge >= 0.3 is 29.2 Å². The molecule has 1 aliphatic rings. The number of aliphatic hydroxyl groups is 2. The molecule has 1 aromatic heterocycles. The Morgan fingerprint density at radius 3 is 2.23 bits per heavy atom. The van der Waals surface area contributed by atoms with E-state index in [9.17, 15) is 33.6 Å². The fraction of sp³-hybridized carbons (Fsp3) is 0.556. The van der Waals surface area contributed by atoms with Gasteiger partial charge in [-0.05, 0) is 6.07 Å². The Morgan fingerprint density at radius 2 is 1.70 bits per heavy atom. The number of anilines is 1. The van der Waals surface area contributed by atoms with Gasteiger partial charge in [0.25, 0.3) is 0 Å². The van der Waals surface area contributed by atoms with Crippen molar-refractivity contribution in [2.75, 3.05) is 12.3 Å². The van der Waals surface area contributed by atoms with Crippen molar-refractivity contribution in [2.24, 2.45) is 0 Å². The van der Waals surface area contributed by atoms with E-state index < -0.39 is 60.3 Å². The summed E-state index contributed by atoms with van der Waals surface area (Å²) in [6.45, 7) is -1.02. The predicted octanol–water partition coefficient (Wildman–Crippen LogP) is -2.59. The van der Waals surface area contributed by atoms with Crippen molar-refractivity contribution in [3.05, 3.63) is 22.7 Å². The average Bonchev–Trinajstić information content (AvgIpc) is 2.78. The predicted molar refractivity (Wildman–Crippen MR) is 94.4 cm³/mol. The maximum absolute atomic E-state index is 11.8. The van der Waals surface area contributed by atoms with E-state index >= 15 is 0 Å². The minimum Gasteiger partial charge on any atom is -0.387 e. The SMILES string of the molecule is Nc1ccn([C@@H]2O[C@H](COP(=O)(O)OP(=O)(O)OP(=O)(O)O)[C@@H](O)[C@H]2O)c(=O)n1.[Na]. The summed E-state index contributed by atoms with van der Waals surface area (Å²) in [7, 11) is -16.7. The van der Waals surface area contributed by atoms with Crippen LogP contribution in [0.2, 0.25) is 0 Å². The number of rotatable bonds is 8. The van der Waals surface area contributed by atoms with Crippen molar-refractivity contribution < 1.29 is 61.4 Å². The van der Waals surface area contributed by atoms with Crippen LogP contribution in [-0.2, 0) is 31.6 Å². The average molecular weight is 506 g/mol. The molecule has 2 unspecified atom stereocenters. The molecule has 30 heavy (non-hydrogen) atoms. The van der Waals surface area contributed by atoms with E-state index in [4.69, 9.17) is 25.2 Å². The number of nitrogens with two attached hydrogens (primary N) is 1. The summed E-state index contributed by atoms with van der Waals surface area (Å²) in [5, 5.41) is 20.0. The van der Waals surface area contributed by atoms with Crippen molar-refractivity contribution in [1.82, 2.24) is 9.55 Å². The van der Waals surface area contributed by atoms with Gasteiger partial charge in [0.2, 0.25) is 0 Å². The normalized spacial score (nSPS) is 28.3. The zero-order chi connectivity index (χ0) is 22.2. The second-order valence-corrected chi connectivity index (χ2v) is 9.90. The summed E-state index contributed by atoms with van der Waals surface area (Å²) < 4.78 is 50.8. The van der Waals surface area contributed by atoms with E-state index in [0.717, 1.165) is 10.8 Å². The van der Waals surface area contributed by atoms with Crippen molar-refractivity contribution in [1.29, 1.82) is 0 Å². The molecule has 0 aliphatic carbocycles. The second-order valence-electron chi connectivity index (χ2n) is 5.48. The molecule has 0 saturated carbocycles. The standard InChI is InChI=1S/C9H16N3O14P3.Na/c10-5-1-2-12(9(15)11-5)8-7(14)6(13)4(24-8)3-23-28(19,20)26-29(21,22)25-27(16,17)18;/h1-2,4,6-8,13-14H,3H2,(H,19,20)(H,21,22)(H2,10,11,15)(H2,16,17,18);/t4-,6-,7-,8-;/m1./s1. The van der Waals surface area contributed by atoms with E-state index in [1.165, 1.54) is 6.07 Å². The maximum Gasteiger partial charge on any atom is 0.490 e. The van der Waals surface area contributed by atoms with Gasteiger partial charge in [-0.2, -0.15) is 13.6 Å². The first kappa shape index (κ1) is 28.0. The molecule has 167 valence electrons. The van der Waals surface area contributed by atoms with Gasteiger partial charge in [-0.1, -0.05) is 0 Å². The van der Waals surface area contributed by atoms with Gasteiger partial charge in [0, 0.05) is 35.8 Å². The van der Waals surface area contributed by atoms with Gasteiger partial charge < -0.3 is 40.3 Å². The number of aliphatic hydroxyl groups excluding tert-OH is 2. The molecular weight excluding hydrogens is 490 g/mol. The minimum absolute atomic E-state index is 0.